The van der Waals surface area contributed by atoms with Crippen molar-refractivity contribution in [3.05, 3.63) is 57.8 Å². The van der Waals surface area contributed by atoms with E-state index >= 15 is 0 Å². The Labute approximate surface area is 119 Å². The maximum Gasteiger partial charge on any atom is 0.307 e. The Kier molecular flexibility index (Phi) is 4.08. The summed E-state index contributed by atoms with van der Waals surface area (Å²) in [5, 5.41) is 9.43. The number of hydrogen-bond acceptors (Lipinski definition) is 1. The van der Waals surface area contributed by atoms with Crippen molar-refractivity contribution in [1.29, 1.82) is 0 Å². The Morgan fingerprint density at radius 2 is 1.89 bits per heavy atom. The van der Waals surface area contributed by atoms with Crippen LogP contribution in [0.1, 0.15) is 5.56 Å². The highest BCUT2D eigenvalue weighted by atomic mass is 35.5. The van der Waals surface area contributed by atoms with Crippen molar-refractivity contribution in [2.45, 2.75) is 6.42 Å². The van der Waals surface area contributed by atoms with Gasteiger partial charge in [-0.1, -0.05) is 47.5 Å². The zero-order valence-electron chi connectivity index (χ0n) is 9.66. The van der Waals surface area contributed by atoms with Crippen LogP contribution in [0, 0.1) is 5.82 Å². The van der Waals surface area contributed by atoms with E-state index in [2.05, 4.69) is 0 Å². The first-order valence-electron chi connectivity index (χ1n) is 5.43. The van der Waals surface area contributed by atoms with Crippen LogP contribution in [0.2, 0.25) is 10.0 Å². The van der Waals surface area contributed by atoms with Crippen molar-refractivity contribution in [3.8, 4) is 11.1 Å². The minimum Gasteiger partial charge on any atom is -0.481 e. The molecule has 2 rings (SSSR count). The Morgan fingerprint density at radius 3 is 2.53 bits per heavy atom. The fraction of sp³-hybridized carbons (Fsp3) is 0.0714. The van der Waals surface area contributed by atoms with Gasteiger partial charge in [0.2, 0.25) is 0 Å². The average Bonchev–Trinajstić information content (AvgIpc) is 2.35. The second kappa shape index (κ2) is 5.59. The molecule has 19 heavy (non-hydrogen) atoms. The van der Waals surface area contributed by atoms with Gasteiger partial charge in [-0.2, -0.15) is 0 Å². The van der Waals surface area contributed by atoms with Crippen LogP contribution < -0.4 is 0 Å². The third-order valence-electron chi connectivity index (χ3n) is 2.65. The second-order valence-electron chi connectivity index (χ2n) is 3.98. The number of rotatable bonds is 3. The van der Waals surface area contributed by atoms with Gasteiger partial charge < -0.3 is 5.11 Å². The van der Waals surface area contributed by atoms with Gasteiger partial charge in [0.25, 0.3) is 0 Å². The minimum absolute atomic E-state index is 0.135. The molecule has 0 fully saturated rings. The smallest absolute Gasteiger partial charge is 0.307 e. The first-order valence-corrected chi connectivity index (χ1v) is 6.19. The van der Waals surface area contributed by atoms with E-state index in [1.54, 1.807) is 30.3 Å². The molecule has 0 spiro atoms. The van der Waals surface area contributed by atoms with Gasteiger partial charge in [0.05, 0.1) is 16.5 Å². The molecule has 0 radical (unpaired) electrons. The zero-order valence-corrected chi connectivity index (χ0v) is 11.2. The highest BCUT2D eigenvalue weighted by Crippen LogP contribution is 2.31. The highest BCUT2D eigenvalue weighted by Gasteiger charge is 2.13. The molecule has 0 heterocycles. The number of hydrogen-bond donors (Lipinski definition) is 1. The molecule has 0 aromatic heterocycles. The average molecular weight is 299 g/mol. The van der Waals surface area contributed by atoms with Gasteiger partial charge in [-0.3, -0.25) is 4.79 Å². The summed E-state index contributed by atoms with van der Waals surface area (Å²) in [6.07, 6.45) is -0.360. The third-order valence-corrected chi connectivity index (χ3v) is 3.39. The van der Waals surface area contributed by atoms with Crippen molar-refractivity contribution >= 4 is 29.2 Å². The van der Waals surface area contributed by atoms with Gasteiger partial charge >= 0.3 is 5.97 Å². The monoisotopic (exact) mass is 298 g/mol. The van der Waals surface area contributed by atoms with E-state index in [1.165, 1.54) is 6.07 Å². The molecule has 5 heteroatoms. The SMILES string of the molecule is O=C(O)Cc1cccc(-c2ccc(Cl)c(Cl)c2)c1F. The molecular weight excluding hydrogens is 290 g/mol. The Bertz CT molecular complexity index is 641. The summed E-state index contributed by atoms with van der Waals surface area (Å²) in [6.45, 7) is 0. The molecular formula is C14H9Cl2FO2. The van der Waals surface area contributed by atoms with E-state index in [0.29, 0.717) is 21.2 Å². The summed E-state index contributed by atoms with van der Waals surface area (Å²) in [4.78, 5) is 10.7. The van der Waals surface area contributed by atoms with Crippen LogP contribution in [0.4, 0.5) is 4.39 Å². The molecule has 0 bridgehead atoms. The molecule has 0 aliphatic rings. The van der Waals surface area contributed by atoms with Gasteiger partial charge in [0.1, 0.15) is 5.82 Å². The van der Waals surface area contributed by atoms with Crippen LogP contribution in [0.25, 0.3) is 11.1 Å². The van der Waals surface area contributed by atoms with Gasteiger partial charge in [-0.25, -0.2) is 4.39 Å². The number of carboxylic acids is 1. The van der Waals surface area contributed by atoms with Crippen LogP contribution in [-0.4, -0.2) is 11.1 Å². The van der Waals surface area contributed by atoms with Gasteiger partial charge in [0, 0.05) is 5.56 Å². The van der Waals surface area contributed by atoms with Crippen LogP contribution in [0.3, 0.4) is 0 Å². The molecule has 0 saturated carbocycles. The highest BCUT2D eigenvalue weighted by molar-refractivity contribution is 6.42. The molecule has 0 atom stereocenters. The maximum atomic E-state index is 14.2. The van der Waals surface area contributed by atoms with Crippen LogP contribution in [0.15, 0.2) is 36.4 Å². The largest absolute Gasteiger partial charge is 0.481 e. The Hall–Kier alpha value is -1.58. The van der Waals surface area contributed by atoms with Crippen LogP contribution in [0.5, 0.6) is 0 Å². The fourth-order valence-corrected chi connectivity index (χ4v) is 2.06. The van der Waals surface area contributed by atoms with E-state index in [0.717, 1.165) is 0 Å². The summed E-state index contributed by atoms with van der Waals surface area (Å²) >= 11 is 11.7. The lowest BCUT2D eigenvalue weighted by molar-refractivity contribution is -0.136. The summed E-state index contributed by atoms with van der Waals surface area (Å²) in [7, 11) is 0. The van der Waals surface area contributed by atoms with Crippen molar-refractivity contribution in [2.24, 2.45) is 0 Å². The molecule has 2 aromatic carbocycles. The standard InChI is InChI=1S/C14H9Cl2FO2/c15-11-5-4-8(6-12(11)16)10-3-1-2-9(14(10)17)7-13(18)19/h1-6H,7H2,(H,18,19). The quantitative estimate of drug-likeness (QED) is 0.910. The first-order chi connectivity index (χ1) is 8.99. The van der Waals surface area contributed by atoms with Gasteiger partial charge in [0.15, 0.2) is 0 Å². The lowest BCUT2D eigenvalue weighted by Gasteiger charge is -2.08. The molecule has 0 aliphatic carbocycles. The number of carbonyl (C=O) groups is 1. The second-order valence-corrected chi connectivity index (χ2v) is 4.79. The molecule has 0 aliphatic heterocycles. The van der Waals surface area contributed by atoms with Gasteiger partial charge in [-0.05, 0) is 23.3 Å². The third kappa shape index (κ3) is 3.06. The Morgan fingerprint density at radius 1 is 1.16 bits per heavy atom. The normalized spacial score (nSPS) is 10.5. The van der Waals surface area contributed by atoms with E-state index in [4.69, 9.17) is 28.3 Å². The Balaban J connectivity index is 2.50. The minimum atomic E-state index is -1.08. The molecule has 1 N–H and O–H groups in total. The van der Waals surface area contributed by atoms with E-state index in [-0.39, 0.29) is 12.0 Å². The fourth-order valence-electron chi connectivity index (χ4n) is 1.77. The summed E-state index contributed by atoms with van der Waals surface area (Å²) in [5.74, 6) is -1.63. The number of carboxylic acid groups (broad SMARTS) is 1. The molecule has 2 nitrogen and oxygen atoms in total. The molecule has 0 saturated heterocycles. The maximum absolute atomic E-state index is 14.2. The molecule has 98 valence electrons. The summed E-state index contributed by atoms with van der Waals surface area (Å²) in [5.41, 5.74) is 0.993. The van der Waals surface area contributed by atoms with Crippen molar-refractivity contribution in [2.75, 3.05) is 0 Å². The topological polar surface area (TPSA) is 37.3 Å². The lowest BCUT2D eigenvalue weighted by Crippen LogP contribution is -2.03. The number of halogens is 3. The van der Waals surface area contributed by atoms with E-state index in [9.17, 15) is 9.18 Å². The van der Waals surface area contributed by atoms with Crippen molar-refractivity contribution < 1.29 is 14.3 Å². The molecule has 2 aromatic rings. The van der Waals surface area contributed by atoms with Crippen molar-refractivity contribution in [3.63, 3.8) is 0 Å². The van der Waals surface area contributed by atoms with Crippen molar-refractivity contribution in [1.82, 2.24) is 0 Å². The summed E-state index contributed by atoms with van der Waals surface area (Å²) < 4.78 is 14.2. The number of benzene rings is 2. The predicted octanol–water partition coefficient (Wildman–Crippen LogP) is 4.43. The molecule has 0 unspecified atom stereocenters. The van der Waals surface area contributed by atoms with E-state index in [1.807, 2.05) is 0 Å². The first kappa shape index (κ1) is 13.8. The van der Waals surface area contributed by atoms with Gasteiger partial charge in [-0.15, -0.1) is 0 Å². The predicted molar refractivity (Wildman–Crippen MR) is 73.2 cm³/mol. The molecule has 0 amide bonds. The van der Waals surface area contributed by atoms with Crippen LogP contribution in [-0.2, 0) is 11.2 Å². The van der Waals surface area contributed by atoms with Crippen LogP contribution >= 0.6 is 23.2 Å². The zero-order chi connectivity index (χ0) is 14.0. The summed E-state index contributed by atoms with van der Waals surface area (Å²) in [6, 6.07) is 9.39. The lowest BCUT2D eigenvalue weighted by atomic mass is 10.0. The number of aliphatic carboxylic acids is 1. The van der Waals surface area contributed by atoms with E-state index < -0.39 is 11.8 Å².